The van der Waals surface area contributed by atoms with Gasteiger partial charge in [-0.1, -0.05) is 13.0 Å². The van der Waals surface area contributed by atoms with Gasteiger partial charge in [0.1, 0.15) is 0 Å². The molecule has 1 N–H and O–H groups in total. The summed E-state index contributed by atoms with van der Waals surface area (Å²) < 4.78 is 1.26. The quantitative estimate of drug-likeness (QED) is 0.882. The van der Waals surface area contributed by atoms with Gasteiger partial charge in [-0.05, 0) is 30.5 Å². The molecule has 1 atom stereocenters. The average molecular weight is 233 g/mol. The third-order valence-electron chi connectivity index (χ3n) is 3.20. The van der Waals surface area contributed by atoms with Crippen LogP contribution in [0.2, 0.25) is 0 Å². The lowest BCUT2D eigenvalue weighted by molar-refractivity contribution is 0.273. The molecule has 1 unspecified atom stereocenters. The van der Waals surface area contributed by atoms with Crippen molar-refractivity contribution in [2.45, 2.75) is 31.6 Å². The Hall–Kier alpha value is -0.930. The first-order valence-corrected chi connectivity index (χ1v) is 6.61. The van der Waals surface area contributed by atoms with Crippen molar-refractivity contribution in [1.82, 2.24) is 4.98 Å². The van der Waals surface area contributed by atoms with Crippen LogP contribution >= 0.6 is 11.3 Å². The maximum absolute atomic E-state index is 9.15. The highest BCUT2D eigenvalue weighted by Gasteiger charge is 2.26. The van der Waals surface area contributed by atoms with Crippen LogP contribution in [0.1, 0.15) is 42.2 Å². The highest BCUT2D eigenvalue weighted by atomic mass is 32.1. The summed E-state index contributed by atoms with van der Waals surface area (Å²) in [6.07, 6.45) is 2.61. The molecular formula is C13H15NOS. The van der Waals surface area contributed by atoms with Crippen molar-refractivity contribution in [2.75, 3.05) is 6.61 Å². The average Bonchev–Trinajstić information content (AvgIpc) is 3.07. The van der Waals surface area contributed by atoms with E-state index in [9.17, 15) is 0 Å². The second-order valence-corrected chi connectivity index (χ2v) is 5.70. The van der Waals surface area contributed by atoms with Crippen LogP contribution in [0.3, 0.4) is 0 Å². The summed E-state index contributed by atoms with van der Waals surface area (Å²) in [6, 6.07) is 6.35. The molecule has 0 radical (unpaired) electrons. The van der Waals surface area contributed by atoms with Crippen LogP contribution in [0.15, 0.2) is 18.2 Å². The summed E-state index contributed by atoms with van der Waals surface area (Å²) in [5.41, 5.74) is 2.32. The number of aromatic nitrogens is 1. The van der Waals surface area contributed by atoms with E-state index in [4.69, 9.17) is 5.11 Å². The van der Waals surface area contributed by atoms with Crippen LogP contribution in [0, 0.1) is 0 Å². The standard InChI is InChI=1S/C13H15NOS/c1-8(7-15)10-4-5-11-12(6-10)16-13(14-11)9-2-3-9/h4-6,8-9,15H,2-3,7H2,1H3. The monoisotopic (exact) mass is 233 g/mol. The Bertz CT molecular complexity index is 516. The lowest BCUT2D eigenvalue weighted by Crippen LogP contribution is -1.97. The van der Waals surface area contributed by atoms with E-state index in [0.717, 1.165) is 11.4 Å². The van der Waals surface area contributed by atoms with Crippen molar-refractivity contribution in [2.24, 2.45) is 0 Å². The molecule has 1 fully saturated rings. The molecule has 2 nitrogen and oxygen atoms in total. The van der Waals surface area contributed by atoms with Gasteiger partial charge in [-0.15, -0.1) is 11.3 Å². The van der Waals surface area contributed by atoms with Gasteiger partial charge in [0.25, 0.3) is 0 Å². The number of aliphatic hydroxyl groups is 1. The largest absolute Gasteiger partial charge is 0.396 e. The zero-order chi connectivity index (χ0) is 11.1. The maximum atomic E-state index is 9.15. The van der Waals surface area contributed by atoms with Gasteiger partial charge < -0.3 is 5.11 Å². The van der Waals surface area contributed by atoms with Crippen LogP contribution in [0.4, 0.5) is 0 Å². The number of thiazole rings is 1. The van der Waals surface area contributed by atoms with Crippen LogP contribution in [-0.2, 0) is 0 Å². The zero-order valence-electron chi connectivity index (χ0n) is 9.31. The molecule has 1 aromatic heterocycles. The molecule has 1 aliphatic carbocycles. The number of hydrogen-bond donors (Lipinski definition) is 1. The topological polar surface area (TPSA) is 33.1 Å². The number of hydrogen-bond acceptors (Lipinski definition) is 3. The van der Waals surface area contributed by atoms with E-state index in [2.05, 4.69) is 23.2 Å². The first-order valence-electron chi connectivity index (χ1n) is 5.79. The van der Waals surface area contributed by atoms with Gasteiger partial charge in [-0.3, -0.25) is 0 Å². The normalized spacial score (nSPS) is 17.9. The minimum atomic E-state index is 0.208. The summed E-state index contributed by atoms with van der Waals surface area (Å²) in [7, 11) is 0. The molecule has 16 heavy (non-hydrogen) atoms. The summed E-state index contributed by atoms with van der Waals surface area (Å²) >= 11 is 1.82. The fraction of sp³-hybridized carbons (Fsp3) is 0.462. The lowest BCUT2D eigenvalue weighted by atomic mass is 10.0. The Morgan fingerprint density at radius 3 is 3.00 bits per heavy atom. The molecular weight excluding hydrogens is 218 g/mol. The molecule has 0 aliphatic heterocycles. The highest BCUT2D eigenvalue weighted by Crippen LogP contribution is 2.43. The predicted octanol–water partition coefficient (Wildman–Crippen LogP) is 3.27. The van der Waals surface area contributed by atoms with Crippen molar-refractivity contribution >= 4 is 21.6 Å². The van der Waals surface area contributed by atoms with Gasteiger partial charge in [-0.25, -0.2) is 4.98 Å². The van der Waals surface area contributed by atoms with E-state index in [1.807, 2.05) is 18.3 Å². The molecule has 84 valence electrons. The third-order valence-corrected chi connectivity index (χ3v) is 4.38. The minimum Gasteiger partial charge on any atom is -0.396 e. The number of nitrogens with zero attached hydrogens (tertiary/aromatic N) is 1. The van der Waals surface area contributed by atoms with Gasteiger partial charge in [0.2, 0.25) is 0 Å². The fourth-order valence-corrected chi connectivity index (χ4v) is 3.06. The Morgan fingerprint density at radius 1 is 1.50 bits per heavy atom. The highest BCUT2D eigenvalue weighted by molar-refractivity contribution is 7.18. The first-order chi connectivity index (χ1) is 7.78. The maximum Gasteiger partial charge on any atom is 0.0969 e. The number of aliphatic hydroxyl groups excluding tert-OH is 1. The van der Waals surface area contributed by atoms with Crippen molar-refractivity contribution in [3.8, 4) is 0 Å². The number of fused-ring (bicyclic) bond motifs is 1. The molecule has 3 rings (SSSR count). The number of rotatable bonds is 3. The predicted molar refractivity (Wildman–Crippen MR) is 67.1 cm³/mol. The van der Waals surface area contributed by atoms with E-state index < -0.39 is 0 Å². The van der Waals surface area contributed by atoms with Gasteiger partial charge in [0.15, 0.2) is 0 Å². The molecule has 0 amide bonds. The van der Waals surface area contributed by atoms with Gasteiger partial charge in [0, 0.05) is 18.4 Å². The Balaban J connectivity index is 2.02. The van der Waals surface area contributed by atoms with Crippen LogP contribution in [0.25, 0.3) is 10.2 Å². The second kappa shape index (κ2) is 3.82. The van der Waals surface area contributed by atoms with Crippen LogP contribution < -0.4 is 0 Å². The summed E-state index contributed by atoms with van der Waals surface area (Å²) in [5, 5.41) is 10.4. The Kier molecular flexibility index (Phi) is 2.45. The third kappa shape index (κ3) is 1.74. The van der Waals surface area contributed by atoms with E-state index in [1.165, 1.54) is 28.1 Å². The number of benzene rings is 1. The summed E-state index contributed by atoms with van der Waals surface area (Å²) in [5.74, 6) is 0.951. The van der Waals surface area contributed by atoms with Gasteiger partial charge in [-0.2, -0.15) is 0 Å². The molecule has 1 aromatic carbocycles. The second-order valence-electron chi connectivity index (χ2n) is 4.64. The van der Waals surface area contributed by atoms with E-state index in [0.29, 0.717) is 0 Å². The van der Waals surface area contributed by atoms with Crippen molar-refractivity contribution in [3.05, 3.63) is 28.8 Å². The van der Waals surface area contributed by atoms with Crippen molar-refractivity contribution < 1.29 is 5.11 Å². The molecule has 0 bridgehead atoms. The van der Waals surface area contributed by atoms with E-state index in [-0.39, 0.29) is 12.5 Å². The van der Waals surface area contributed by atoms with Crippen LogP contribution in [0.5, 0.6) is 0 Å². The molecule has 0 spiro atoms. The summed E-state index contributed by atoms with van der Waals surface area (Å²) in [6.45, 7) is 2.25. The molecule has 1 aliphatic rings. The summed E-state index contributed by atoms with van der Waals surface area (Å²) in [4.78, 5) is 4.66. The fourth-order valence-electron chi connectivity index (χ4n) is 1.88. The van der Waals surface area contributed by atoms with Crippen molar-refractivity contribution in [3.63, 3.8) is 0 Å². The smallest absolute Gasteiger partial charge is 0.0969 e. The molecule has 1 heterocycles. The van der Waals surface area contributed by atoms with Crippen LogP contribution in [-0.4, -0.2) is 16.7 Å². The van der Waals surface area contributed by atoms with E-state index >= 15 is 0 Å². The Labute approximate surface area is 99.0 Å². The SMILES string of the molecule is CC(CO)c1ccc2nc(C3CC3)sc2c1. The first kappa shape index (κ1) is 10.2. The van der Waals surface area contributed by atoms with Crippen molar-refractivity contribution in [1.29, 1.82) is 0 Å². The molecule has 0 saturated heterocycles. The molecule has 1 saturated carbocycles. The minimum absolute atomic E-state index is 0.208. The Morgan fingerprint density at radius 2 is 2.31 bits per heavy atom. The lowest BCUT2D eigenvalue weighted by Gasteiger charge is -2.06. The molecule has 3 heteroatoms. The van der Waals surface area contributed by atoms with Gasteiger partial charge >= 0.3 is 0 Å². The molecule has 2 aromatic rings. The zero-order valence-corrected chi connectivity index (χ0v) is 10.1. The van der Waals surface area contributed by atoms with E-state index in [1.54, 1.807) is 0 Å². The van der Waals surface area contributed by atoms with Gasteiger partial charge in [0.05, 0.1) is 15.2 Å².